The lowest BCUT2D eigenvalue weighted by molar-refractivity contribution is -0.154. The van der Waals surface area contributed by atoms with E-state index in [4.69, 9.17) is 0 Å². The Hall–Kier alpha value is -1.85. The molecule has 2 amide bonds. The van der Waals surface area contributed by atoms with Crippen LogP contribution in [-0.4, -0.2) is 44.6 Å². The molecule has 1 aromatic rings. The number of aryl methyl sites for hydroxylation is 1. The normalized spacial score (nSPS) is 29.7. The maximum atomic E-state index is 12.8. The lowest BCUT2D eigenvalue weighted by Crippen LogP contribution is -2.69. The Balaban J connectivity index is 1.74. The Kier molecular flexibility index (Phi) is 3.26. The predicted molar refractivity (Wildman–Crippen MR) is 77.4 cm³/mol. The molecule has 0 aromatic carbocycles. The van der Waals surface area contributed by atoms with Crippen molar-refractivity contribution in [1.82, 2.24) is 20.0 Å². The van der Waals surface area contributed by atoms with Crippen LogP contribution in [0.1, 0.15) is 32.3 Å². The maximum absolute atomic E-state index is 12.8. The summed E-state index contributed by atoms with van der Waals surface area (Å²) in [6.45, 7) is 4.22. The van der Waals surface area contributed by atoms with Gasteiger partial charge in [0.15, 0.2) is 0 Å². The van der Waals surface area contributed by atoms with Gasteiger partial charge < -0.3 is 10.2 Å². The lowest BCUT2D eigenvalue weighted by atomic mass is 9.89. The first-order valence-corrected chi connectivity index (χ1v) is 7.52. The summed E-state index contributed by atoms with van der Waals surface area (Å²) in [4.78, 5) is 26.7. The highest BCUT2D eigenvalue weighted by atomic mass is 16.2. The highest BCUT2D eigenvalue weighted by Gasteiger charge is 2.54. The molecule has 2 atom stereocenters. The van der Waals surface area contributed by atoms with Crippen LogP contribution in [0.3, 0.4) is 0 Å². The summed E-state index contributed by atoms with van der Waals surface area (Å²) in [7, 11) is 1.87. The molecular weight excluding hydrogens is 268 g/mol. The van der Waals surface area contributed by atoms with E-state index in [0.717, 1.165) is 24.8 Å². The van der Waals surface area contributed by atoms with Crippen molar-refractivity contribution in [1.29, 1.82) is 0 Å². The number of nitrogens with one attached hydrogen (secondary N) is 1. The average Bonchev–Trinajstić information content (AvgIpc) is 3.21. The topological polar surface area (TPSA) is 67.2 Å². The molecule has 6 nitrogen and oxygen atoms in total. The molecule has 1 aliphatic carbocycles. The van der Waals surface area contributed by atoms with Crippen LogP contribution in [0.25, 0.3) is 0 Å². The highest BCUT2D eigenvalue weighted by Crippen LogP contribution is 2.42. The van der Waals surface area contributed by atoms with Crippen LogP contribution in [-0.2, 0) is 23.1 Å². The van der Waals surface area contributed by atoms with Crippen LogP contribution in [0.15, 0.2) is 12.4 Å². The van der Waals surface area contributed by atoms with Crippen molar-refractivity contribution in [2.45, 2.75) is 44.7 Å². The zero-order valence-electron chi connectivity index (χ0n) is 12.8. The van der Waals surface area contributed by atoms with Crippen molar-refractivity contribution < 1.29 is 9.59 Å². The third kappa shape index (κ3) is 2.43. The van der Waals surface area contributed by atoms with E-state index in [1.807, 2.05) is 20.2 Å². The number of carbonyl (C=O) groups is 2. The standard InChI is InChI=1S/C15H22N4O2/c1-10-13(20)17-15(2,12-4-5-12)14(21)19(10)7-6-11-8-16-18(3)9-11/h8-10,12H,4-7H2,1-3H3,(H,17,20). The summed E-state index contributed by atoms with van der Waals surface area (Å²) in [6, 6.07) is -0.402. The highest BCUT2D eigenvalue weighted by molar-refractivity contribution is 5.99. The van der Waals surface area contributed by atoms with Gasteiger partial charge in [0.1, 0.15) is 11.6 Å². The minimum Gasteiger partial charge on any atom is -0.340 e. The SMILES string of the molecule is CC1C(=O)NC(C)(C2CC2)C(=O)N1CCc1cnn(C)c1. The molecule has 1 saturated heterocycles. The van der Waals surface area contributed by atoms with E-state index in [-0.39, 0.29) is 11.8 Å². The Morgan fingerprint density at radius 1 is 1.43 bits per heavy atom. The van der Waals surface area contributed by atoms with Crippen molar-refractivity contribution >= 4 is 11.8 Å². The van der Waals surface area contributed by atoms with Gasteiger partial charge in [0, 0.05) is 19.8 Å². The van der Waals surface area contributed by atoms with Gasteiger partial charge >= 0.3 is 0 Å². The van der Waals surface area contributed by atoms with Crippen LogP contribution in [0.2, 0.25) is 0 Å². The quantitative estimate of drug-likeness (QED) is 0.877. The van der Waals surface area contributed by atoms with E-state index in [2.05, 4.69) is 10.4 Å². The Bertz CT molecular complexity index is 578. The fourth-order valence-electron chi connectivity index (χ4n) is 3.11. The van der Waals surface area contributed by atoms with Crippen LogP contribution in [0.5, 0.6) is 0 Å². The zero-order valence-corrected chi connectivity index (χ0v) is 12.8. The average molecular weight is 290 g/mol. The van der Waals surface area contributed by atoms with Gasteiger partial charge in [-0.15, -0.1) is 0 Å². The van der Waals surface area contributed by atoms with E-state index < -0.39 is 11.6 Å². The van der Waals surface area contributed by atoms with Gasteiger partial charge in [-0.2, -0.15) is 5.10 Å². The molecule has 3 rings (SSSR count). The van der Waals surface area contributed by atoms with Crippen molar-refractivity contribution in [3.63, 3.8) is 0 Å². The van der Waals surface area contributed by atoms with Gasteiger partial charge in [0.2, 0.25) is 11.8 Å². The van der Waals surface area contributed by atoms with Gasteiger partial charge in [-0.25, -0.2) is 0 Å². The third-order valence-corrected chi connectivity index (χ3v) is 4.73. The Morgan fingerprint density at radius 2 is 2.14 bits per heavy atom. The molecule has 2 unspecified atom stereocenters. The van der Waals surface area contributed by atoms with Crippen LogP contribution in [0, 0.1) is 5.92 Å². The fraction of sp³-hybridized carbons (Fsp3) is 0.667. The first kappa shape index (κ1) is 14.1. The van der Waals surface area contributed by atoms with Gasteiger partial charge in [-0.3, -0.25) is 14.3 Å². The molecule has 2 aliphatic rings. The number of nitrogens with zero attached hydrogens (tertiary/aromatic N) is 3. The van der Waals surface area contributed by atoms with E-state index in [1.54, 1.807) is 22.7 Å². The minimum absolute atomic E-state index is 0.0461. The number of hydrogen-bond donors (Lipinski definition) is 1. The molecule has 21 heavy (non-hydrogen) atoms. The Labute approximate surface area is 124 Å². The largest absolute Gasteiger partial charge is 0.340 e. The number of piperazine rings is 1. The molecule has 1 aliphatic heterocycles. The summed E-state index contributed by atoms with van der Waals surface area (Å²) in [5.41, 5.74) is 0.370. The summed E-state index contributed by atoms with van der Waals surface area (Å²) in [5, 5.41) is 7.07. The van der Waals surface area contributed by atoms with Crippen molar-refractivity contribution in [2.75, 3.05) is 6.54 Å². The van der Waals surface area contributed by atoms with Gasteiger partial charge in [-0.1, -0.05) is 0 Å². The molecule has 1 aromatic heterocycles. The summed E-state index contributed by atoms with van der Waals surface area (Å²) >= 11 is 0. The third-order valence-electron chi connectivity index (χ3n) is 4.73. The minimum atomic E-state index is -0.710. The number of aromatic nitrogens is 2. The number of rotatable bonds is 4. The first-order chi connectivity index (χ1) is 9.91. The second-order valence-corrected chi connectivity index (χ2v) is 6.41. The molecule has 114 valence electrons. The number of hydrogen-bond acceptors (Lipinski definition) is 3. The van der Waals surface area contributed by atoms with Crippen molar-refractivity contribution in [3.8, 4) is 0 Å². The van der Waals surface area contributed by atoms with Crippen molar-refractivity contribution in [2.24, 2.45) is 13.0 Å². The second-order valence-electron chi connectivity index (χ2n) is 6.41. The fourth-order valence-corrected chi connectivity index (χ4v) is 3.11. The monoisotopic (exact) mass is 290 g/mol. The van der Waals surface area contributed by atoms with Gasteiger partial charge in [0.05, 0.1) is 6.20 Å². The molecule has 2 fully saturated rings. The molecule has 1 N–H and O–H groups in total. The molecule has 6 heteroatoms. The molecule has 0 bridgehead atoms. The predicted octanol–water partition coefficient (Wildman–Crippen LogP) is 0.478. The molecule has 0 spiro atoms. The molecular formula is C15H22N4O2. The maximum Gasteiger partial charge on any atom is 0.249 e. The van der Waals surface area contributed by atoms with E-state index in [1.165, 1.54) is 0 Å². The molecule has 0 radical (unpaired) electrons. The molecule has 2 heterocycles. The second kappa shape index (κ2) is 4.86. The van der Waals surface area contributed by atoms with Crippen LogP contribution in [0.4, 0.5) is 0 Å². The van der Waals surface area contributed by atoms with E-state index in [9.17, 15) is 9.59 Å². The summed E-state index contributed by atoms with van der Waals surface area (Å²) in [6.07, 6.45) is 6.51. The van der Waals surface area contributed by atoms with Crippen LogP contribution >= 0.6 is 0 Å². The van der Waals surface area contributed by atoms with E-state index >= 15 is 0 Å². The Morgan fingerprint density at radius 3 is 2.71 bits per heavy atom. The smallest absolute Gasteiger partial charge is 0.249 e. The van der Waals surface area contributed by atoms with Gasteiger partial charge in [-0.05, 0) is 44.6 Å². The summed E-state index contributed by atoms with van der Waals surface area (Å²) in [5.74, 6) is 0.304. The summed E-state index contributed by atoms with van der Waals surface area (Å²) < 4.78 is 1.75. The lowest BCUT2D eigenvalue weighted by Gasteiger charge is -2.43. The first-order valence-electron chi connectivity index (χ1n) is 7.52. The number of amides is 2. The van der Waals surface area contributed by atoms with Crippen LogP contribution < -0.4 is 5.32 Å². The van der Waals surface area contributed by atoms with Gasteiger partial charge in [0.25, 0.3) is 0 Å². The number of carbonyl (C=O) groups excluding carboxylic acids is 2. The molecule has 1 saturated carbocycles. The zero-order chi connectivity index (χ0) is 15.2. The van der Waals surface area contributed by atoms with Crippen molar-refractivity contribution in [3.05, 3.63) is 18.0 Å². The van der Waals surface area contributed by atoms with E-state index in [0.29, 0.717) is 12.5 Å².